The molecule has 0 atom stereocenters. The highest BCUT2D eigenvalue weighted by atomic mass is 19.2. The molecule has 128 valence electrons. The van der Waals surface area contributed by atoms with Gasteiger partial charge in [-0.05, 0) is 86.3 Å². The van der Waals surface area contributed by atoms with Crippen molar-refractivity contribution in [3.8, 4) is 0 Å². The molecule has 0 amide bonds. The summed E-state index contributed by atoms with van der Waals surface area (Å²) in [6, 6.07) is 2.32. The number of hydrogen-bond donors (Lipinski definition) is 1. The first-order valence-electron chi connectivity index (χ1n) is 8.72. The molecule has 1 nitrogen and oxygen atoms in total. The van der Waals surface area contributed by atoms with Crippen LogP contribution in [0.3, 0.4) is 0 Å². The Morgan fingerprint density at radius 2 is 1.35 bits per heavy atom. The SMILES string of the molecule is CC1(c2cc(F)c(F)c(F)c2)CCC(C2CCC(O)CC2)CC1. The first kappa shape index (κ1) is 16.8. The zero-order valence-corrected chi connectivity index (χ0v) is 13.6. The zero-order chi connectivity index (χ0) is 16.6. The van der Waals surface area contributed by atoms with E-state index in [-0.39, 0.29) is 11.5 Å². The molecule has 23 heavy (non-hydrogen) atoms. The average Bonchev–Trinajstić information content (AvgIpc) is 2.54. The third kappa shape index (κ3) is 3.42. The van der Waals surface area contributed by atoms with Gasteiger partial charge in [0.2, 0.25) is 0 Å². The Morgan fingerprint density at radius 1 is 0.870 bits per heavy atom. The molecule has 2 aliphatic rings. The predicted molar refractivity (Wildman–Crippen MR) is 83.6 cm³/mol. The van der Waals surface area contributed by atoms with E-state index in [0.29, 0.717) is 17.4 Å². The molecule has 0 unspecified atom stereocenters. The molecule has 0 spiro atoms. The molecule has 0 aliphatic heterocycles. The minimum absolute atomic E-state index is 0.134. The Balaban J connectivity index is 1.67. The Hall–Kier alpha value is -1.03. The predicted octanol–water partition coefficient (Wildman–Crippen LogP) is 5.10. The molecule has 2 fully saturated rings. The van der Waals surface area contributed by atoms with E-state index in [0.717, 1.165) is 63.5 Å². The molecule has 0 saturated heterocycles. The van der Waals surface area contributed by atoms with Crippen LogP contribution in [-0.2, 0) is 5.41 Å². The molecular weight excluding hydrogens is 301 g/mol. The highest BCUT2D eigenvalue weighted by Crippen LogP contribution is 2.46. The van der Waals surface area contributed by atoms with Crippen LogP contribution in [0.15, 0.2) is 12.1 Å². The van der Waals surface area contributed by atoms with Crippen molar-refractivity contribution in [2.75, 3.05) is 0 Å². The quantitative estimate of drug-likeness (QED) is 0.749. The minimum Gasteiger partial charge on any atom is -0.393 e. The molecule has 4 heteroatoms. The van der Waals surface area contributed by atoms with Gasteiger partial charge in [-0.2, -0.15) is 0 Å². The maximum absolute atomic E-state index is 13.5. The van der Waals surface area contributed by atoms with Crippen molar-refractivity contribution in [3.63, 3.8) is 0 Å². The van der Waals surface area contributed by atoms with Crippen LogP contribution in [0.25, 0.3) is 0 Å². The van der Waals surface area contributed by atoms with Gasteiger partial charge in [0.25, 0.3) is 0 Å². The third-order valence-electron chi connectivity index (χ3n) is 6.22. The second kappa shape index (κ2) is 6.46. The van der Waals surface area contributed by atoms with Crippen LogP contribution in [0, 0.1) is 29.3 Å². The molecule has 1 aromatic rings. The summed E-state index contributed by atoms with van der Waals surface area (Å²) in [6.45, 7) is 2.03. The van der Waals surface area contributed by atoms with Crippen molar-refractivity contribution in [2.24, 2.45) is 11.8 Å². The highest BCUT2D eigenvalue weighted by molar-refractivity contribution is 5.27. The molecule has 0 radical (unpaired) electrons. The lowest BCUT2D eigenvalue weighted by Gasteiger charge is -2.42. The van der Waals surface area contributed by atoms with Crippen molar-refractivity contribution in [2.45, 2.75) is 69.8 Å². The molecule has 3 rings (SSSR count). The van der Waals surface area contributed by atoms with Gasteiger partial charge in [0.1, 0.15) is 0 Å². The number of hydrogen-bond acceptors (Lipinski definition) is 1. The molecule has 2 saturated carbocycles. The van der Waals surface area contributed by atoms with Crippen molar-refractivity contribution in [1.29, 1.82) is 0 Å². The highest BCUT2D eigenvalue weighted by Gasteiger charge is 2.37. The van der Waals surface area contributed by atoms with Crippen molar-refractivity contribution in [3.05, 3.63) is 35.1 Å². The van der Waals surface area contributed by atoms with Gasteiger partial charge in [0.05, 0.1) is 6.10 Å². The lowest BCUT2D eigenvalue weighted by atomic mass is 9.63. The topological polar surface area (TPSA) is 20.2 Å². The molecular formula is C19H25F3O. The molecule has 0 aromatic heterocycles. The Labute approximate surface area is 135 Å². The number of benzene rings is 1. The second-order valence-electron chi connectivity index (χ2n) is 7.72. The number of aliphatic hydroxyl groups excluding tert-OH is 1. The molecule has 2 aliphatic carbocycles. The van der Waals surface area contributed by atoms with Gasteiger partial charge in [-0.1, -0.05) is 6.92 Å². The van der Waals surface area contributed by atoms with Gasteiger partial charge >= 0.3 is 0 Å². The minimum atomic E-state index is -1.38. The first-order valence-corrected chi connectivity index (χ1v) is 8.72. The summed E-state index contributed by atoms with van der Waals surface area (Å²) in [5.41, 5.74) is 0.298. The van der Waals surface area contributed by atoms with Crippen LogP contribution < -0.4 is 0 Å². The fourth-order valence-electron chi connectivity index (χ4n) is 4.51. The lowest BCUT2D eigenvalue weighted by molar-refractivity contribution is 0.0746. The summed E-state index contributed by atoms with van der Waals surface area (Å²) in [6.07, 6.45) is 7.66. The van der Waals surface area contributed by atoms with E-state index in [1.165, 1.54) is 0 Å². The van der Waals surface area contributed by atoms with Crippen LogP contribution in [0.4, 0.5) is 13.2 Å². The van der Waals surface area contributed by atoms with E-state index in [2.05, 4.69) is 0 Å². The number of halogens is 3. The number of aliphatic hydroxyl groups is 1. The fourth-order valence-corrected chi connectivity index (χ4v) is 4.51. The molecule has 0 heterocycles. The van der Waals surface area contributed by atoms with E-state index in [1.807, 2.05) is 6.92 Å². The van der Waals surface area contributed by atoms with Gasteiger partial charge in [-0.3, -0.25) is 0 Å². The summed E-state index contributed by atoms with van der Waals surface area (Å²) in [5, 5.41) is 9.63. The largest absolute Gasteiger partial charge is 0.393 e. The normalized spacial score (nSPS) is 35.3. The Bertz CT molecular complexity index is 533. The Morgan fingerprint density at radius 3 is 1.87 bits per heavy atom. The fraction of sp³-hybridized carbons (Fsp3) is 0.684. The summed E-state index contributed by atoms with van der Waals surface area (Å²) in [5.74, 6) is -2.25. The van der Waals surface area contributed by atoms with Crippen molar-refractivity contribution >= 4 is 0 Å². The summed E-state index contributed by atoms with van der Waals surface area (Å²) < 4.78 is 40.2. The average molecular weight is 326 g/mol. The zero-order valence-electron chi connectivity index (χ0n) is 13.6. The van der Waals surface area contributed by atoms with E-state index in [9.17, 15) is 18.3 Å². The van der Waals surface area contributed by atoms with E-state index in [1.54, 1.807) is 0 Å². The van der Waals surface area contributed by atoms with E-state index in [4.69, 9.17) is 0 Å². The van der Waals surface area contributed by atoms with Gasteiger partial charge in [0, 0.05) is 0 Å². The molecule has 0 bridgehead atoms. The Kier molecular flexibility index (Phi) is 4.73. The summed E-state index contributed by atoms with van der Waals surface area (Å²) in [7, 11) is 0. The van der Waals surface area contributed by atoms with Gasteiger partial charge in [-0.15, -0.1) is 0 Å². The number of rotatable bonds is 2. The molecule has 1 N–H and O–H groups in total. The van der Waals surface area contributed by atoms with Crippen LogP contribution in [-0.4, -0.2) is 11.2 Å². The van der Waals surface area contributed by atoms with Crippen LogP contribution in [0.5, 0.6) is 0 Å². The van der Waals surface area contributed by atoms with Gasteiger partial charge in [-0.25, -0.2) is 13.2 Å². The van der Waals surface area contributed by atoms with E-state index < -0.39 is 17.5 Å². The maximum atomic E-state index is 13.5. The maximum Gasteiger partial charge on any atom is 0.194 e. The second-order valence-corrected chi connectivity index (χ2v) is 7.72. The smallest absolute Gasteiger partial charge is 0.194 e. The van der Waals surface area contributed by atoms with Crippen LogP contribution >= 0.6 is 0 Å². The summed E-state index contributed by atoms with van der Waals surface area (Å²) in [4.78, 5) is 0. The summed E-state index contributed by atoms with van der Waals surface area (Å²) >= 11 is 0. The van der Waals surface area contributed by atoms with Crippen molar-refractivity contribution in [1.82, 2.24) is 0 Å². The third-order valence-corrected chi connectivity index (χ3v) is 6.22. The van der Waals surface area contributed by atoms with Crippen LogP contribution in [0.2, 0.25) is 0 Å². The standard InChI is InChI=1S/C19H25F3O/c1-19(14-10-16(20)18(22)17(21)11-14)8-6-13(7-9-19)12-2-4-15(23)5-3-12/h10-13,15,23H,2-9H2,1H3. The van der Waals surface area contributed by atoms with Crippen molar-refractivity contribution < 1.29 is 18.3 Å². The van der Waals surface area contributed by atoms with Gasteiger partial charge in [0.15, 0.2) is 17.5 Å². The van der Waals surface area contributed by atoms with Gasteiger partial charge < -0.3 is 5.11 Å². The first-order chi connectivity index (χ1) is 10.9. The van der Waals surface area contributed by atoms with Crippen LogP contribution in [0.1, 0.15) is 63.9 Å². The molecule has 1 aromatic carbocycles. The monoisotopic (exact) mass is 326 g/mol. The van der Waals surface area contributed by atoms with E-state index >= 15 is 0 Å². The lowest BCUT2D eigenvalue weighted by Crippen LogP contribution is -2.33.